The van der Waals surface area contributed by atoms with Crippen LogP contribution in [0.5, 0.6) is 0 Å². The molecule has 0 radical (unpaired) electrons. The molecular weight excluding hydrogens is 434 g/mol. The molecule has 2 aromatic rings. The van der Waals surface area contributed by atoms with Crippen LogP contribution in [0.15, 0.2) is 52.3 Å². The van der Waals surface area contributed by atoms with Crippen LogP contribution in [0, 0.1) is 10.1 Å². The number of ether oxygens (including phenoxy) is 2. The van der Waals surface area contributed by atoms with E-state index in [9.17, 15) is 24.5 Å². The molecule has 1 aromatic carbocycles. The average molecular weight is 450 g/mol. The van der Waals surface area contributed by atoms with Gasteiger partial charge in [-0.1, -0.05) is 11.6 Å². The zero-order valence-corrected chi connectivity index (χ0v) is 16.8. The number of benzene rings is 1. The highest BCUT2D eigenvalue weighted by atomic mass is 35.5. The van der Waals surface area contributed by atoms with Gasteiger partial charge in [-0.25, -0.2) is 14.4 Å². The van der Waals surface area contributed by atoms with Crippen molar-refractivity contribution in [3.63, 3.8) is 0 Å². The quantitative estimate of drug-likeness (QED) is 0.372. The van der Waals surface area contributed by atoms with Gasteiger partial charge < -0.3 is 24.5 Å². The summed E-state index contributed by atoms with van der Waals surface area (Å²) >= 11 is 5.75. The highest BCUT2D eigenvalue weighted by Gasteiger charge is 2.36. The fourth-order valence-electron chi connectivity index (χ4n) is 2.89. The largest absolute Gasteiger partial charge is 0.467 e. The summed E-state index contributed by atoms with van der Waals surface area (Å²) in [6.45, 7) is 1.11. The monoisotopic (exact) mass is 449 g/mol. The van der Waals surface area contributed by atoms with E-state index in [1.54, 1.807) is 19.1 Å². The molecule has 0 saturated carbocycles. The zero-order valence-electron chi connectivity index (χ0n) is 16.0. The van der Waals surface area contributed by atoms with Gasteiger partial charge in [-0.2, -0.15) is 0 Å². The van der Waals surface area contributed by atoms with E-state index in [4.69, 9.17) is 25.5 Å². The lowest BCUT2D eigenvalue weighted by Crippen LogP contribution is -2.47. The number of nitro groups is 1. The van der Waals surface area contributed by atoms with Crippen molar-refractivity contribution in [1.29, 1.82) is 0 Å². The number of urea groups is 1. The number of nitro benzene ring substituents is 1. The van der Waals surface area contributed by atoms with Crippen molar-refractivity contribution < 1.29 is 33.2 Å². The van der Waals surface area contributed by atoms with Gasteiger partial charge in [0.25, 0.3) is 5.69 Å². The molecule has 2 heterocycles. The minimum atomic E-state index is -1.04. The van der Waals surface area contributed by atoms with E-state index in [0.717, 1.165) is 12.1 Å². The molecule has 11 nitrogen and oxygen atoms in total. The second kappa shape index (κ2) is 9.30. The lowest BCUT2D eigenvalue weighted by molar-refractivity contribution is -0.385. The van der Waals surface area contributed by atoms with Crippen LogP contribution in [0.2, 0.25) is 5.02 Å². The maximum absolute atomic E-state index is 12.6. The number of carbonyl (C=O) groups excluding carboxylic acids is 3. The normalized spacial score (nSPS) is 15.7. The van der Waals surface area contributed by atoms with Crippen LogP contribution in [0.25, 0.3) is 0 Å². The van der Waals surface area contributed by atoms with Crippen molar-refractivity contribution in [2.24, 2.45) is 0 Å². The number of nitrogens with zero attached hydrogens (tertiary/aromatic N) is 1. The van der Waals surface area contributed by atoms with Crippen molar-refractivity contribution in [2.45, 2.75) is 13.0 Å². The predicted molar refractivity (Wildman–Crippen MR) is 105 cm³/mol. The Kier molecular flexibility index (Phi) is 6.55. The summed E-state index contributed by atoms with van der Waals surface area (Å²) < 4.78 is 15.5. The molecule has 1 aliphatic heterocycles. The van der Waals surface area contributed by atoms with Gasteiger partial charge in [-0.05, 0) is 31.2 Å². The molecule has 2 N–H and O–H groups in total. The summed E-state index contributed by atoms with van der Waals surface area (Å²) in [5.41, 5.74) is -0.959. The van der Waals surface area contributed by atoms with Gasteiger partial charge in [0.05, 0.1) is 29.1 Å². The van der Waals surface area contributed by atoms with Crippen LogP contribution in [0.1, 0.15) is 29.1 Å². The Hall–Kier alpha value is -3.86. The van der Waals surface area contributed by atoms with Crippen molar-refractivity contribution in [3.8, 4) is 0 Å². The fourth-order valence-corrected chi connectivity index (χ4v) is 3.06. The Balaban J connectivity index is 1.92. The molecule has 0 saturated heterocycles. The summed E-state index contributed by atoms with van der Waals surface area (Å²) in [4.78, 5) is 47.6. The summed E-state index contributed by atoms with van der Waals surface area (Å²) in [6, 6.07) is 4.94. The second-order valence-electron chi connectivity index (χ2n) is 6.15. The third kappa shape index (κ3) is 4.83. The first-order valence-corrected chi connectivity index (χ1v) is 9.31. The second-order valence-corrected chi connectivity index (χ2v) is 6.59. The first kappa shape index (κ1) is 21.8. The Labute approximate surface area is 180 Å². The highest BCUT2D eigenvalue weighted by molar-refractivity contribution is 6.31. The Bertz CT molecular complexity index is 1060. The van der Waals surface area contributed by atoms with E-state index >= 15 is 0 Å². The number of rotatable bonds is 7. The van der Waals surface area contributed by atoms with Gasteiger partial charge in [-0.3, -0.25) is 10.1 Å². The molecule has 1 unspecified atom stereocenters. The lowest BCUT2D eigenvalue weighted by Gasteiger charge is -2.27. The molecule has 0 bridgehead atoms. The van der Waals surface area contributed by atoms with E-state index < -0.39 is 41.2 Å². The van der Waals surface area contributed by atoms with E-state index in [1.165, 1.54) is 12.3 Å². The third-order valence-corrected chi connectivity index (χ3v) is 4.44. The number of carbonyl (C=O) groups is 3. The molecule has 1 atom stereocenters. The minimum absolute atomic E-state index is 0.0326. The van der Waals surface area contributed by atoms with Gasteiger partial charge in [0, 0.05) is 11.1 Å². The Morgan fingerprint density at radius 3 is 2.68 bits per heavy atom. The third-order valence-electron chi connectivity index (χ3n) is 4.20. The molecule has 0 spiro atoms. The summed E-state index contributed by atoms with van der Waals surface area (Å²) in [5.74, 6) is -1.55. The average Bonchev–Trinajstić information content (AvgIpc) is 3.26. The highest BCUT2D eigenvalue weighted by Crippen LogP contribution is 2.29. The fraction of sp³-hybridized carbons (Fsp3) is 0.211. The van der Waals surface area contributed by atoms with Crippen LogP contribution in [0.4, 0.5) is 10.5 Å². The Morgan fingerprint density at radius 1 is 1.26 bits per heavy atom. The SMILES string of the molecule is CCOC(=O)C1=C(COC(=O)c2ccc(Cl)cc2[N+](=O)[O-])NC(=O)NC1c1ccco1. The number of hydrogen-bond donors (Lipinski definition) is 2. The topological polar surface area (TPSA) is 150 Å². The maximum Gasteiger partial charge on any atom is 0.345 e. The van der Waals surface area contributed by atoms with E-state index in [-0.39, 0.29) is 34.2 Å². The van der Waals surface area contributed by atoms with Crippen molar-refractivity contribution in [3.05, 3.63) is 74.3 Å². The lowest BCUT2D eigenvalue weighted by atomic mass is 10.0. The van der Waals surface area contributed by atoms with Gasteiger partial charge in [0.15, 0.2) is 0 Å². The number of furan rings is 1. The molecule has 1 aliphatic rings. The van der Waals surface area contributed by atoms with Crippen LogP contribution in [-0.4, -0.2) is 36.1 Å². The van der Waals surface area contributed by atoms with Crippen molar-refractivity contribution in [1.82, 2.24) is 10.6 Å². The van der Waals surface area contributed by atoms with Crippen LogP contribution in [-0.2, 0) is 14.3 Å². The first-order chi connectivity index (χ1) is 14.8. The first-order valence-electron chi connectivity index (χ1n) is 8.94. The molecule has 162 valence electrons. The van der Waals surface area contributed by atoms with Crippen molar-refractivity contribution >= 4 is 35.3 Å². The van der Waals surface area contributed by atoms with Crippen LogP contribution >= 0.6 is 11.6 Å². The van der Waals surface area contributed by atoms with Crippen LogP contribution < -0.4 is 10.6 Å². The number of nitrogens with one attached hydrogen (secondary N) is 2. The summed E-state index contributed by atoms with van der Waals surface area (Å²) in [6.07, 6.45) is 1.37. The maximum atomic E-state index is 12.6. The molecule has 1 aromatic heterocycles. The molecule has 2 amide bonds. The van der Waals surface area contributed by atoms with E-state index in [2.05, 4.69) is 10.6 Å². The number of amides is 2. The summed E-state index contributed by atoms with van der Waals surface area (Å²) in [5, 5.41) is 16.2. The summed E-state index contributed by atoms with van der Waals surface area (Å²) in [7, 11) is 0. The molecular formula is C19H16ClN3O8. The number of hydrogen-bond acceptors (Lipinski definition) is 8. The van der Waals surface area contributed by atoms with Gasteiger partial charge in [0.1, 0.15) is 24.0 Å². The molecule has 31 heavy (non-hydrogen) atoms. The minimum Gasteiger partial charge on any atom is -0.467 e. The van der Waals surface area contributed by atoms with Crippen LogP contribution in [0.3, 0.4) is 0 Å². The standard InChI is InChI=1S/C19H16ClN3O8/c1-2-29-18(25)15-12(21-19(26)22-16(15)14-4-3-7-30-14)9-31-17(24)11-6-5-10(20)8-13(11)23(27)28/h3-8,16H,2,9H2,1H3,(H2,21,22,26). The van der Waals surface area contributed by atoms with E-state index in [0.29, 0.717) is 0 Å². The van der Waals surface area contributed by atoms with Gasteiger partial charge in [-0.15, -0.1) is 0 Å². The zero-order chi connectivity index (χ0) is 22.5. The van der Waals surface area contributed by atoms with Crippen molar-refractivity contribution in [2.75, 3.05) is 13.2 Å². The number of esters is 2. The van der Waals surface area contributed by atoms with Gasteiger partial charge in [0.2, 0.25) is 0 Å². The molecule has 12 heteroatoms. The van der Waals surface area contributed by atoms with E-state index in [1.807, 2.05) is 0 Å². The molecule has 0 aliphatic carbocycles. The van der Waals surface area contributed by atoms with Gasteiger partial charge >= 0.3 is 18.0 Å². The molecule has 0 fully saturated rings. The molecule has 3 rings (SSSR count). The smallest absolute Gasteiger partial charge is 0.345 e. The predicted octanol–water partition coefficient (Wildman–Crippen LogP) is 2.87. The number of halogens is 1. The Morgan fingerprint density at radius 2 is 2.03 bits per heavy atom.